The zero-order valence-electron chi connectivity index (χ0n) is 18.8. The van der Waals surface area contributed by atoms with Crippen LogP contribution in [0.5, 0.6) is 0 Å². The Kier molecular flexibility index (Phi) is 6.50. The summed E-state index contributed by atoms with van der Waals surface area (Å²) in [6.45, 7) is 7.73. The van der Waals surface area contributed by atoms with Gasteiger partial charge in [-0.1, -0.05) is 26.0 Å². The molecule has 0 aliphatic carbocycles. The van der Waals surface area contributed by atoms with Crippen molar-refractivity contribution in [2.75, 3.05) is 29.0 Å². The minimum atomic E-state index is -3.69. The molecule has 8 heteroatoms. The minimum Gasteiger partial charge on any atom is -0.363 e. The van der Waals surface area contributed by atoms with Crippen LogP contribution in [-0.4, -0.2) is 32.5 Å². The van der Waals surface area contributed by atoms with Crippen molar-refractivity contribution in [3.05, 3.63) is 65.5 Å². The Balaban J connectivity index is 1.79. The Bertz CT molecular complexity index is 1170. The lowest BCUT2D eigenvalue weighted by atomic mass is 10.0. The third-order valence-corrected chi connectivity index (χ3v) is 6.38. The number of sulfonamides is 1. The summed E-state index contributed by atoms with van der Waals surface area (Å²) in [4.78, 5) is 11.0. The first-order chi connectivity index (χ1) is 14.5. The number of nitrogens with zero attached hydrogens (tertiary/aromatic N) is 3. The second-order valence-corrected chi connectivity index (χ2v) is 9.69. The van der Waals surface area contributed by atoms with Crippen LogP contribution in [-0.2, 0) is 10.0 Å². The molecule has 2 aromatic carbocycles. The number of benzene rings is 2. The number of aryl methyl sites for hydroxylation is 2. The summed E-state index contributed by atoms with van der Waals surface area (Å²) < 4.78 is 28.6. The van der Waals surface area contributed by atoms with Gasteiger partial charge in [0.25, 0.3) is 10.0 Å². The first kappa shape index (κ1) is 22.6. The fraction of sp³-hybridized carbons (Fsp3) is 0.304. The highest BCUT2D eigenvalue weighted by molar-refractivity contribution is 7.92. The summed E-state index contributed by atoms with van der Waals surface area (Å²) in [6.07, 6.45) is 0. The van der Waals surface area contributed by atoms with Gasteiger partial charge in [0.05, 0.1) is 4.90 Å². The van der Waals surface area contributed by atoms with Crippen LogP contribution < -0.4 is 14.9 Å². The lowest BCUT2D eigenvalue weighted by molar-refractivity contribution is 0.600. The van der Waals surface area contributed by atoms with Gasteiger partial charge in [-0.2, -0.15) is 0 Å². The van der Waals surface area contributed by atoms with E-state index in [-0.39, 0.29) is 5.92 Å². The van der Waals surface area contributed by atoms with Crippen LogP contribution in [0.4, 0.5) is 23.0 Å². The van der Waals surface area contributed by atoms with Crippen molar-refractivity contribution in [3.63, 3.8) is 0 Å². The van der Waals surface area contributed by atoms with Crippen LogP contribution in [0, 0.1) is 13.8 Å². The summed E-state index contributed by atoms with van der Waals surface area (Å²) in [5.41, 5.74) is 2.99. The standard InChI is InChI=1S/C23H29N5O2S/c1-15(2)18-8-7-16(3)21(13-18)31(29,30)27-20-11-9-19(10-12-20)26-22-14-23(28(5)6)25-17(4)24-22/h7-15,27H,1-6H3,(H,24,25,26). The van der Waals surface area contributed by atoms with E-state index in [1.807, 2.05) is 70.1 Å². The van der Waals surface area contributed by atoms with Crippen LogP contribution in [0.2, 0.25) is 0 Å². The number of hydrogen-bond donors (Lipinski definition) is 2. The maximum absolute atomic E-state index is 13.0. The predicted octanol–water partition coefficient (Wildman–Crippen LogP) is 4.83. The molecule has 1 heterocycles. The molecule has 3 rings (SSSR count). The molecule has 0 radical (unpaired) electrons. The lowest BCUT2D eigenvalue weighted by Gasteiger charge is -2.15. The maximum atomic E-state index is 13.0. The third-order valence-electron chi connectivity index (χ3n) is 4.86. The average Bonchev–Trinajstić information content (AvgIpc) is 2.68. The van der Waals surface area contributed by atoms with E-state index < -0.39 is 10.0 Å². The smallest absolute Gasteiger partial charge is 0.262 e. The summed E-state index contributed by atoms with van der Waals surface area (Å²) >= 11 is 0. The predicted molar refractivity (Wildman–Crippen MR) is 127 cm³/mol. The van der Waals surface area contributed by atoms with E-state index in [4.69, 9.17) is 0 Å². The molecule has 31 heavy (non-hydrogen) atoms. The zero-order valence-corrected chi connectivity index (χ0v) is 19.6. The van der Waals surface area contributed by atoms with Crippen molar-refractivity contribution in [2.45, 2.75) is 38.5 Å². The van der Waals surface area contributed by atoms with Crippen molar-refractivity contribution in [3.8, 4) is 0 Å². The average molecular weight is 440 g/mol. The Hall–Kier alpha value is -3.13. The fourth-order valence-corrected chi connectivity index (χ4v) is 4.43. The Morgan fingerprint density at radius 1 is 0.903 bits per heavy atom. The van der Waals surface area contributed by atoms with Gasteiger partial charge in [-0.3, -0.25) is 4.72 Å². The highest BCUT2D eigenvalue weighted by Crippen LogP contribution is 2.25. The van der Waals surface area contributed by atoms with E-state index in [1.54, 1.807) is 25.1 Å². The molecule has 0 saturated carbocycles. The molecule has 0 amide bonds. The minimum absolute atomic E-state index is 0.248. The summed E-state index contributed by atoms with van der Waals surface area (Å²) in [5, 5.41) is 3.24. The van der Waals surface area contributed by atoms with Crippen LogP contribution in [0.25, 0.3) is 0 Å². The SMILES string of the molecule is Cc1nc(Nc2ccc(NS(=O)(=O)c3cc(C(C)C)ccc3C)cc2)cc(N(C)C)n1. The summed E-state index contributed by atoms with van der Waals surface area (Å²) in [5.74, 6) is 2.39. The summed E-state index contributed by atoms with van der Waals surface area (Å²) in [6, 6.07) is 14.5. The quantitative estimate of drug-likeness (QED) is 0.548. The van der Waals surface area contributed by atoms with Crippen LogP contribution in [0.15, 0.2) is 53.4 Å². The molecule has 7 nitrogen and oxygen atoms in total. The topological polar surface area (TPSA) is 87.2 Å². The highest BCUT2D eigenvalue weighted by atomic mass is 32.2. The molecule has 2 N–H and O–H groups in total. The largest absolute Gasteiger partial charge is 0.363 e. The normalized spacial score (nSPS) is 11.5. The Morgan fingerprint density at radius 2 is 1.55 bits per heavy atom. The first-order valence-corrected chi connectivity index (χ1v) is 11.6. The number of hydrogen-bond acceptors (Lipinski definition) is 6. The molecule has 0 spiro atoms. The van der Waals surface area contributed by atoms with E-state index in [1.165, 1.54) is 0 Å². The molecule has 0 saturated heterocycles. The number of rotatable bonds is 7. The van der Waals surface area contributed by atoms with Crippen LogP contribution in [0.3, 0.4) is 0 Å². The second-order valence-electron chi connectivity index (χ2n) is 8.04. The molecule has 0 aliphatic rings. The zero-order chi connectivity index (χ0) is 22.8. The fourth-order valence-electron chi connectivity index (χ4n) is 3.09. The summed E-state index contributed by atoms with van der Waals surface area (Å²) in [7, 11) is 0.154. The Labute approximate surface area is 184 Å². The molecule has 0 aliphatic heterocycles. The van der Waals surface area contributed by atoms with Gasteiger partial charge in [0, 0.05) is 31.5 Å². The van der Waals surface area contributed by atoms with E-state index >= 15 is 0 Å². The van der Waals surface area contributed by atoms with Gasteiger partial charge >= 0.3 is 0 Å². The molecule has 3 aromatic rings. The van der Waals surface area contributed by atoms with Gasteiger partial charge in [0.1, 0.15) is 17.5 Å². The third kappa shape index (κ3) is 5.52. The molecular weight excluding hydrogens is 410 g/mol. The molecule has 0 fully saturated rings. The number of anilines is 4. The van der Waals surface area contributed by atoms with Crippen molar-refractivity contribution >= 4 is 33.0 Å². The van der Waals surface area contributed by atoms with Crippen molar-refractivity contribution in [1.29, 1.82) is 0 Å². The lowest BCUT2D eigenvalue weighted by Crippen LogP contribution is -2.15. The van der Waals surface area contributed by atoms with Crippen molar-refractivity contribution < 1.29 is 8.42 Å². The second kappa shape index (κ2) is 8.93. The molecule has 1 aromatic heterocycles. The van der Waals surface area contributed by atoms with Crippen molar-refractivity contribution in [2.24, 2.45) is 0 Å². The maximum Gasteiger partial charge on any atom is 0.262 e. The van der Waals surface area contributed by atoms with Crippen LogP contribution >= 0.6 is 0 Å². The molecular formula is C23H29N5O2S. The van der Waals surface area contributed by atoms with Gasteiger partial charge in [0.2, 0.25) is 0 Å². The Morgan fingerprint density at radius 3 is 2.16 bits per heavy atom. The van der Waals surface area contributed by atoms with Crippen molar-refractivity contribution in [1.82, 2.24) is 9.97 Å². The van der Waals surface area contributed by atoms with Gasteiger partial charge in [-0.05, 0) is 61.2 Å². The molecule has 0 unspecified atom stereocenters. The van der Waals surface area contributed by atoms with E-state index in [2.05, 4.69) is 20.0 Å². The van der Waals surface area contributed by atoms with Gasteiger partial charge in [-0.15, -0.1) is 0 Å². The van der Waals surface area contributed by atoms with E-state index in [0.717, 1.165) is 17.1 Å². The van der Waals surface area contributed by atoms with E-state index in [9.17, 15) is 8.42 Å². The number of aromatic nitrogens is 2. The van der Waals surface area contributed by atoms with Gasteiger partial charge < -0.3 is 10.2 Å². The van der Waals surface area contributed by atoms with Gasteiger partial charge in [0.15, 0.2) is 0 Å². The highest BCUT2D eigenvalue weighted by Gasteiger charge is 2.18. The number of nitrogens with one attached hydrogen (secondary N) is 2. The van der Waals surface area contributed by atoms with Gasteiger partial charge in [-0.25, -0.2) is 18.4 Å². The molecule has 0 bridgehead atoms. The van der Waals surface area contributed by atoms with E-state index in [0.29, 0.717) is 27.8 Å². The molecule has 164 valence electrons. The molecule has 0 atom stereocenters. The van der Waals surface area contributed by atoms with Crippen LogP contribution in [0.1, 0.15) is 36.7 Å². The monoisotopic (exact) mass is 439 g/mol. The first-order valence-electron chi connectivity index (χ1n) is 10.1.